The normalized spacial score (nSPS) is 14.5. The fraction of sp³-hybridized carbons (Fsp3) is 0.429. The topological polar surface area (TPSA) is 62.4 Å². The minimum atomic E-state index is -0.503. The summed E-state index contributed by atoms with van der Waals surface area (Å²) in [5.41, 5.74) is 5.01. The average molecular weight is 311 g/mol. The number of benzene rings is 1. The number of amides is 1. The van der Waals surface area contributed by atoms with Crippen LogP contribution in [0.4, 0.5) is 4.39 Å². The minimum absolute atomic E-state index is 0.0410. The molecule has 1 fully saturated rings. The number of thiocarbonyl (C=S) groups is 1. The maximum atomic E-state index is 13.3. The summed E-state index contributed by atoms with van der Waals surface area (Å²) in [6.07, 6.45) is 4.57. The number of halogens is 1. The van der Waals surface area contributed by atoms with Crippen LogP contribution >= 0.6 is 12.2 Å². The van der Waals surface area contributed by atoms with E-state index in [1.54, 1.807) is 12.1 Å². The zero-order chi connectivity index (χ0) is 15.1. The van der Waals surface area contributed by atoms with Crippen LogP contribution in [0.5, 0.6) is 5.75 Å². The SMILES string of the molecule is O=C(COc1ccccc1F)NNC(=S)NC1CCCC1. The number of carbonyl (C=O) groups is 1. The van der Waals surface area contributed by atoms with Gasteiger partial charge in [-0.3, -0.25) is 15.6 Å². The van der Waals surface area contributed by atoms with Crippen molar-refractivity contribution < 1.29 is 13.9 Å². The van der Waals surface area contributed by atoms with Gasteiger partial charge in [-0.05, 0) is 37.2 Å². The van der Waals surface area contributed by atoms with Gasteiger partial charge < -0.3 is 10.1 Å². The number of ether oxygens (including phenoxy) is 1. The molecule has 2 rings (SSSR count). The number of carbonyl (C=O) groups excluding carboxylic acids is 1. The molecule has 0 unspecified atom stereocenters. The molecule has 3 N–H and O–H groups in total. The molecule has 114 valence electrons. The Morgan fingerprint density at radius 2 is 2.00 bits per heavy atom. The van der Waals surface area contributed by atoms with E-state index < -0.39 is 11.7 Å². The Morgan fingerprint density at radius 3 is 2.71 bits per heavy atom. The molecule has 1 aliphatic carbocycles. The number of rotatable bonds is 4. The van der Waals surface area contributed by atoms with Crippen molar-refractivity contribution in [2.75, 3.05) is 6.61 Å². The van der Waals surface area contributed by atoms with E-state index in [-0.39, 0.29) is 12.4 Å². The second-order valence-electron chi connectivity index (χ2n) is 4.85. The summed E-state index contributed by atoms with van der Waals surface area (Å²) in [7, 11) is 0. The van der Waals surface area contributed by atoms with Crippen molar-refractivity contribution in [2.45, 2.75) is 31.7 Å². The number of nitrogens with one attached hydrogen (secondary N) is 3. The van der Waals surface area contributed by atoms with Gasteiger partial charge in [-0.15, -0.1) is 0 Å². The maximum Gasteiger partial charge on any atom is 0.276 e. The van der Waals surface area contributed by atoms with Crippen molar-refractivity contribution in [3.05, 3.63) is 30.1 Å². The van der Waals surface area contributed by atoms with E-state index in [0.29, 0.717) is 11.2 Å². The smallest absolute Gasteiger partial charge is 0.276 e. The van der Waals surface area contributed by atoms with Gasteiger partial charge in [-0.2, -0.15) is 0 Å². The van der Waals surface area contributed by atoms with Crippen molar-refractivity contribution in [3.63, 3.8) is 0 Å². The lowest BCUT2D eigenvalue weighted by Crippen LogP contribution is -2.50. The first kappa shape index (κ1) is 15.5. The third kappa shape index (κ3) is 5.18. The molecule has 0 spiro atoms. The fourth-order valence-electron chi connectivity index (χ4n) is 2.16. The molecule has 1 aromatic carbocycles. The highest BCUT2D eigenvalue weighted by Gasteiger charge is 2.15. The van der Waals surface area contributed by atoms with Gasteiger partial charge in [-0.25, -0.2) is 4.39 Å². The maximum absolute atomic E-state index is 13.3. The molecule has 1 amide bonds. The zero-order valence-corrected chi connectivity index (χ0v) is 12.3. The van der Waals surface area contributed by atoms with E-state index in [0.717, 1.165) is 12.8 Å². The van der Waals surface area contributed by atoms with Crippen LogP contribution in [0.15, 0.2) is 24.3 Å². The summed E-state index contributed by atoms with van der Waals surface area (Å²) in [6, 6.07) is 6.29. The quantitative estimate of drug-likeness (QED) is 0.583. The van der Waals surface area contributed by atoms with E-state index in [1.165, 1.54) is 25.0 Å². The van der Waals surface area contributed by atoms with Gasteiger partial charge in [0.1, 0.15) is 0 Å². The van der Waals surface area contributed by atoms with Gasteiger partial charge in [0.2, 0.25) is 0 Å². The molecule has 0 bridgehead atoms. The number of hydrogen-bond acceptors (Lipinski definition) is 3. The molecule has 1 aliphatic rings. The van der Waals surface area contributed by atoms with E-state index in [4.69, 9.17) is 17.0 Å². The summed E-state index contributed by atoms with van der Waals surface area (Å²) in [4.78, 5) is 11.6. The molecule has 0 aromatic heterocycles. The molecule has 7 heteroatoms. The summed E-state index contributed by atoms with van der Waals surface area (Å²) in [5.74, 6) is -0.898. The lowest BCUT2D eigenvalue weighted by Gasteiger charge is -2.16. The lowest BCUT2D eigenvalue weighted by molar-refractivity contribution is -0.123. The summed E-state index contributed by atoms with van der Waals surface area (Å²) < 4.78 is 18.4. The third-order valence-corrected chi connectivity index (χ3v) is 3.42. The van der Waals surface area contributed by atoms with Crippen LogP contribution in [-0.2, 0) is 4.79 Å². The monoisotopic (exact) mass is 311 g/mol. The Bertz CT molecular complexity index is 507. The molecule has 0 saturated heterocycles. The molecule has 5 nitrogen and oxygen atoms in total. The van der Waals surface area contributed by atoms with Gasteiger partial charge in [0.05, 0.1) is 0 Å². The fourth-order valence-corrected chi connectivity index (χ4v) is 2.38. The Kier molecular flexibility index (Phi) is 5.74. The second-order valence-corrected chi connectivity index (χ2v) is 5.26. The van der Waals surface area contributed by atoms with Gasteiger partial charge in [0.25, 0.3) is 5.91 Å². The highest BCUT2D eigenvalue weighted by molar-refractivity contribution is 7.80. The van der Waals surface area contributed by atoms with Crippen molar-refractivity contribution in [1.82, 2.24) is 16.2 Å². The van der Waals surface area contributed by atoms with Gasteiger partial charge in [-0.1, -0.05) is 25.0 Å². The highest BCUT2D eigenvalue weighted by Crippen LogP contribution is 2.17. The Morgan fingerprint density at radius 1 is 1.29 bits per heavy atom. The van der Waals surface area contributed by atoms with E-state index in [1.807, 2.05) is 0 Å². The van der Waals surface area contributed by atoms with Crippen LogP contribution in [-0.4, -0.2) is 23.7 Å². The van der Waals surface area contributed by atoms with Crippen molar-refractivity contribution >= 4 is 23.2 Å². The van der Waals surface area contributed by atoms with Crippen LogP contribution < -0.4 is 20.9 Å². The molecule has 0 atom stereocenters. The number of hydrazine groups is 1. The second kappa shape index (κ2) is 7.78. The van der Waals surface area contributed by atoms with Crippen LogP contribution in [0.25, 0.3) is 0 Å². The van der Waals surface area contributed by atoms with Gasteiger partial charge >= 0.3 is 0 Å². The summed E-state index contributed by atoms with van der Waals surface area (Å²) >= 11 is 5.07. The van der Waals surface area contributed by atoms with E-state index in [9.17, 15) is 9.18 Å². The first-order chi connectivity index (χ1) is 10.1. The molecule has 21 heavy (non-hydrogen) atoms. The van der Waals surface area contributed by atoms with Crippen LogP contribution in [0.3, 0.4) is 0 Å². The molecular formula is C14H18FN3O2S. The van der Waals surface area contributed by atoms with E-state index in [2.05, 4.69) is 16.2 Å². The Labute approximate surface area is 128 Å². The predicted molar refractivity (Wildman–Crippen MR) is 81.2 cm³/mol. The largest absolute Gasteiger partial charge is 0.481 e. The molecule has 1 saturated carbocycles. The summed E-state index contributed by atoms with van der Waals surface area (Å²) in [5, 5.41) is 3.50. The molecule has 0 aliphatic heterocycles. The Balaban J connectivity index is 1.65. The number of para-hydroxylation sites is 1. The van der Waals surface area contributed by atoms with Crippen LogP contribution in [0, 0.1) is 5.82 Å². The molecule has 0 radical (unpaired) electrons. The molecule has 0 heterocycles. The van der Waals surface area contributed by atoms with Gasteiger partial charge in [0.15, 0.2) is 23.3 Å². The minimum Gasteiger partial charge on any atom is -0.481 e. The molecule has 1 aromatic rings. The lowest BCUT2D eigenvalue weighted by atomic mass is 10.3. The Hall–Kier alpha value is -1.89. The van der Waals surface area contributed by atoms with E-state index >= 15 is 0 Å². The predicted octanol–water partition coefficient (Wildman–Crippen LogP) is 1.64. The van der Waals surface area contributed by atoms with Crippen LogP contribution in [0.2, 0.25) is 0 Å². The highest BCUT2D eigenvalue weighted by atomic mass is 32.1. The van der Waals surface area contributed by atoms with Crippen molar-refractivity contribution in [2.24, 2.45) is 0 Å². The number of hydrogen-bond donors (Lipinski definition) is 3. The standard InChI is InChI=1S/C14H18FN3O2S/c15-11-7-3-4-8-12(11)20-9-13(19)17-18-14(21)16-10-5-1-2-6-10/h3-4,7-8,10H,1-2,5-6,9H2,(H,17,19)(H2,16,18,21). The molecular weight excluding hydrogens is 293 g/mol. The first-order valence-electron chi connectivity index (χ1n) is 6.88. The van der Waals surface area contributed by atoms with Crippen molar-refractivity contribution in [3.8, 4) is 5.75 Å². The van der Waals surface area contributed by atoms with Gasteiger partial charge in [0, 0.05) is 6.04 Å². The summed E-state index contributed by atoms with van der Waals surface area (Å²) in [6.45, 7) is -0.292. The first-order valence-corrected chi connectivity index (χ1v) is 7.28. The van der Waals surface area contributed by atoms with Crippen LogP contribution in [0.1, 0.15) is 25.7 Å². The zero-order valence-electron chi connectivity index (χ0n) is 11.5. The average Bonchev–Trinajstić information content (AvgIpc) is 2.97. The van der Waals surface area contributed by atoms with Crippen molar-refractivity contribution in [1.29, 1.82) is 0 Å². The third-order valence-electron chi connectivity index (χ3n) is 3.20.